The third-order valence-corrected chi connectivity index (χ3v) is 4.54. The number of phenols is 1. The van der Waals surface area contributed by atoms with E-state index in [4.69, 9.17) is 3.63 Å². The smallest absolute Gasteiger partial charge is 0.240 e. The van der Waals surface area contributed by atoms with Crippen molar-refractivity contribution >= 4 is 47.6 Å². The number of rotatable bonds is 8. The minimum atomic E-state index is 0.0546. The maximum atomic E-state index is 10.2. The van der Waals surface area contributed by atoms with E-state index < -0.39 is 0 Å². The van der Waals surface area contributed by atoms with Crippen LogP contribution in [0.5, 0.6) is 5.75 Å². The average Bonchev–Trinajstić information content (AvgIpc) is 2.58. The van der Waals surface area contributed by atoms with Crippen molar-refractivity contribution in [3.8, 4) is 5.75 Å². The van der Waals surface area contributed by atoms with Crippen molar-refractivity contribution in [1.29, 1.82) is 0 Å². The second-order valence-electron chi connectivity index (χ2n) is 4.48. The summed E-state index contributed by atoms with van der Waals surface area (Å²) in [5, 5.41) is 9.82. The van der Waals surface area contributed by atoms with Gasteiger partial charge in [-0.2, -0.15) is 9.98 Å². The molecule has 0 saturated heterocycles. The third-order valence-electron chi connectivity index (χ3n) is 2.89. The van der Waals surface area contributed by atoms with Crippen LogP contribution in [-0.4, -0.2) is 17.3 Å². The highest BCUT2D eigenvalue weighted by Crippen LogP contribution is 2.29. The van der Waals surface area contributed by atoms with Gasteiger partial charge in [0.15, 0.2) is 0 Å². The van der Waals surface area contributed by atoms with Gasteiger partial charge in [-0.25, -0.2) is 13.2 Å². The molecule has 2 rings (SSSR count). The van der Waals surface area contributed by atoms with Crippen LogP contribution in [0.3, 0.4) is 0 Å². The molecule has 0 atom stereocenters. The van der Waals surface area contributed by atoms with Gasteiger partial charge in [0.2, 0.25) is 12.2 Å². The molecule has 0 aromatic heterocycles. The molecule has 0 spiro atoms. The SMILES string of the molecule is O=C=Nc1ccc(CSOSCc2ccc(N=C=O)cc2O)cc1. The summed E-state index contributed by atoms with van der Waals surface area (Å²) < 4.78 is 5.40. The fourth-order valence-corrected chi connectivity index (χ4v) is 3.09. The first kappa shape index (κ1) is 18.0. The zero-order valence-corrected chi connectivity index (χ0v) is 14.0. The number of hydrogen-bond donors (Lipinski definition) is 1. The average molecular weight is 360 g/mol. The summed E-state index contributed by atoms with van der Waals surface area (Å²) in [6.45, 7) is 0. The summed E-state index contributed by atoms with van der Waals surface area (Å²) in [5.41, 5.74) is 2.63. The van der Waals surface area contributed by atoms with Crippen molar-refractivity contribution in [3.63, 3.8) is 0 Å². The summed E-state index contributed by atoms with van der Waals surface area (Å²) in [5.74, 6) is 1.15. The number of isocyanates is 2. The van der Waals surface area contributed by atoms with Crippen molar-refractivity contribution in [1.82, 2.24) is 0 Å². The molecule has 2 aromatic rings. The second kappa shape index (κ2) is 9.72. The summed E-state index contributed by atoms with van der Waals surface area (Å²) in [6, 6.07) is 11.9. The Hall–Kier alpha value is -2.34. The molecule has 0 radical (unpaired) electrons. The van der Waals surface area contributed by atoms with Crippen molar-refractivity contribution in [2.75, 3.05) is 0 Å². The molecule has 2 aromatic carbocycles. The number of phenolic OH excluding ortho intramolecular Hbond substituents is 1. The second-order valence-corrected chi connectivity index (χ2v) is 6.07. The number of aliphatic imine (C=N–C) groups is 2. The molecule has 1 N–H and O–H groups in total. The zero-order valence-electron chi connectivity index (χ0n) is 12.3. The van der Waals surface area contributed by atoms with E-state index in [2.05, 4.69) is 9.98 Å². The first-order valence-electron chi connectivity index (χ1n) is 6.70. The topological polar surface area (TPSA) is 88.3 Å². The Morgan fingerprint density at radius 3 is 2.21 bits per heavy atom. The highest BCUT2D eigenvalue weighted by atomic mass is 32.2. The van der Waals surface area contributed by atoms with Gasteiger partial charge in [0.25, 0.3) is 0 Å². The molecule has 0 aliphatic carbocycles. The summed E-state index contributed by atoms with van der Waals surface area (Å²) in [7, 11) is 0. The predicted octanol–water partition coefficient (Wildman–Crippen LogP) is 4.34. The molecule has 0 heterocycles. The maximum absolute atomic E-state index is 10.2. The highest BCUT2D eigenvalue weighted by Gasteiger charge is 2.04. The van der Waals surface area contributed by atoms with Gasteiger partial charge in [0.05, 0.1) is 11.4 Å². The lowest BCUT2D eigenvalue weighted by Gasteiger charge is -2.05. The fraction of sp³-hybridized carbons (Fsp3) is 0.125. The van der Waals surface area contributed by atoms with Crippen molar-refractivity contribution in [3.05, 3.63) is 53.6 Å². The van der Waals surface area contributed by atoms with E-state index in [1.165, 1.54) is 42.3 Å². The Kier molecular flexibility index (Phi) is 7.29. The molecule has 0 amide bonds. The number of aromatic hydroxyl groups is 1. The van der Waals surface area contributed by atoms with E-state index in [0.717, 1.165) is 5.56 Å². The van der Waals surface area contributed by atoms with Crippen LogP contribution in [0.4, 0.5) is 11.4 Å². The van der Waals surface area contributed by atoms with E-state index in [1.807, 2.05) is 12.1 Å². The van der Waals surface area contributed by atoms with Crippen LogP contribution in [0, 0.1) is 0 Å². The molecule has 0 aliphatic heterocycles. The van der Waals surface area contributed by atoms with Gasteiger partial charge in [0.1, 0.15) is 5.75 Å². The third kappa shape index (κ3) is 5.70. The Labute approximate surface area is 147 Å². The quantitative estimate of drug-likeness (QED) is 0.326. The van der Waals surface area contributed by atoms with Gasteiger partial charge in [-0.15, -0.1) is 0 Å². The standard InChI is InChI=1S/C16H12N2O4S2/c19-10-17-14-4-1-12(2-5-14)8-23-22-24-9-13-3-6-15(18-11-20)7-16(13)21/h1-7,21H,8-9H2. The first-order valence-corrected chi connectivity index (χ1v) is 8.52. The van der Waals surface area contributed by atoms with Crippen LogP contribution < -0.4 is 0 Å². The van der Waals surface area contributed by atoms with E-state index in [1.54, 1.807) is 24.3 Å². The molecule has 0 aliphatic rings. The van der Waals surface area contributed by atoms with Crippen molar-refractivity contribution in [2.24, 2.45) is 9.98 Å². The molecule has 0 fully saturated rings. The van der Waals surface area contributed by atoms with Crippen LogP contribution in [0.15, 0.2) is 52.4 Å². The lowest BCUT2D eigenvalue weighted by molar-refractivity contribution is 0.470. The number of hydrogen-bond acceptors (Lipinski definition) is 8. The molecule has 122 valence electrons. The Morgan fingerprint density at radius 1 is 0.917 bits per heavy atom. The van der Waals surface area contributed by atoms with Gasteiger partial charge < -0.3 is 5.11 Å². The minimum absolute atomic E-state index is 0.0546. The van der Waals surface area contributed by atoms with Gasteiger partial charge in [-0.3, -0.25) is 0 Å². The van der Waals surface area contributed by atoms with Gasteiger partial charge in [-0.1, -0.05) is 18.2 Å². The van der Waals surface area contributed by atoms with E-state index in [0.29, 0.717) is 28.4 Å². The van der Waals surface area contributed by atoms with Crippen LogP contribution in [0.25, 0.3) is 0 Å². The van der Waals surface area contributed by atoms with E-state index in [9.17, 15) is 14.7 Å². The van der Waals surface area contributed by atoms with Crippen molar-refractivity contribution in [2.45, 2.75) is 11.5 Å². The molecule has 24 heavy (non-hydrogen) atoms. The molecule has 0 bridgehead atoms. The lowest BCUT2D eigenvalue weighted by atomic mass is 10.2. The van der Waals surface area contributed by atoms with Crippen LogP contribution >= 0.6 is 24.1 Å². The molecule has 0 unspecified atom stereocenters. The molecule has 8 heteroatoms. The summed E-state index contributed by atoms with van der Waals surface area (Å²) in [6.07, 6.45) is 2.91. The minimum Gasteiger partial charge on any atom is -0.508 e. The molecule has 0 saturated carbocycles. The molecular weight excluding hydrogens is 348 g/mol. The maximum Gasteiger partial charge on any atom is 0.240 e. The number of nitrogens with zero attached hydrogens (tertiary/aromatic N) is 2. The highest BCUT2D eigenvalue weighted by molar-refractivity contribution is 8.07. The Morgan fingerprint density at radius 2 is 1.54 bits per heavy atom. The molecular formula is C16H12N2O4S2. The van der Waals surface area contributed by atoms with Crippen molar-refractivity contribution < 1.29 is 18.3 Å². The predicted molar refractivity (Wildman–Crippen MR) is 93.8 cm³/mol. The zero-order chi connectivity index (χ0) is 17.2. The lowest BCUT2D eigenvalue weighted by Crippen LogP contribution is -1.83. The molecule has 6 nitrogen and oxygen atoms in total. The van der Waals surface area contributed by atoms with Gasteiger partial charge >= 0.3 is 0 Å². The first-order chi connectivity index (χ1) is 11.7. The number of benzene rings is 2. The van der Waals surface area contributed by atoms with Crippen LogP contribution in [0.2, 0.25) is 0 Å². The monoisotopic (exact) mass is 360 g/mol. The summed E-state index contributed by atoms with van der Waals surface area (Å²) >= 11 is 2.46. The number of carbonyl (C=O) groups excluding carboxylic acids is 2. The van der Waals surface area contributed by atoms with Crippen LogP contribution in [0.1, 0.15) is 11.1 Å². The normalized spacial score (nSPS) is 9.83. The Balaban J connectivity index is 1.75. The Bertz CT molecular complexity index is 783. The van der Waals surface area contributed by atoms with E-state index >= 15 is 0 Å². The van der Waals surface area contributed by atoms with Gasteiger partial charge in [-0.05, 0) is 23.8 Å². The van der Waals surface area contributed by atoms with Gasteiger partial charge in [0, 0.05) is 47.2 Å². The van der Waals surface area contributed by atoms with E-state index in [-0.39, 0.29) is 5.75 Å². The van der Waals surface area contributed by atoms with Crippen LogP contribution in [-0.2, 0) is 24.7 Å². The fourth-order valence-electron chi connectivity index (χ4n) is 1.73. The largest absolute Gasteiger partial charge is 0.508 e. The summed E-state index contributed by atoms with van der Waals surface area (Å²) in [4.78, 5) is 27.2.